The van der Waals surface area contributed by atoms with Gasteiger partial charge in [0.2, 0.25) is 0 Å². The van der Waals surface area contributed by atoms with Gasteiger partial charge in [0.05, 0.1) is 6.10 Å². The highest BCUT2D eigenvalue weighted by atomic mass is 16.3. The molecule has 2 nitrogen and oxygen atoms in total. The van der Waals surface area contributed by atoms with Gasteiger partial charge in [-0.2, -0.15) is 0 Å². The van der Waals surface area contributed by atoms with Crippen LogP contribution in [0.4, 0.5) is 0 Å². The van der Waals surface area contributed by atoms with Gasteiger partial charge in [-0.15, -0.1) is 0 Å². The number of hydrogen-bond acceptors (Lipinski definition) is 2. The quantitative estimate of drug-likeness (QED) is 0.585. The van der Waals surface area contributed by atoms with Crippen LogP contribution in [0.3, 0.4) is 0 Å². The summed E-state index contributed by atoms with van der Waals surface area (Å²) in [4.78, 5) is 11.2. The Balaban J connectivity index is 1.63. The number of rotatable bonds is 2. The average Bonchev–Trinajstić information content (AvgIpc) is 2.91. The monoisotopic (exact) mass is 330 g/mol. The highest BCUT2D eigenvalue weighted by Crippen LogP contribution is 2.67. The van der Waals surface area contributed by atoms with Crippen molar-refractivity contribution in [2.45, 2.75) is 78.2 Å². The van der Waals surface area contributed by atoms with Gasteiger partial charge in [-0.25, -0.2) is 0 Å². The first-order valence-corrected chi connectivity index (χ1v) is 10.2. The maximum Gasteiger partial charge on any atom is 0.126 e. The Morgan fingerprint density at radius 2 is 1.92 bits per heavy atom. The molecule has 0 aliphatic heterocycles. The summed E-state index contributed by atoms with van der Waals surface area (Å²) in [6.45, 7) is 6.99. The minimum Gasteiger partial charge on any atom is -0.393 e. The molecule has 0 spiro atoms. The Labute approximate surface area is 147 Å². The third-order valence-electron chi connectivity index (χ3n) is 8.98. The number of aliphatic hydroxyl groups excluding tert-OH is 1. The summed E-state index contributed by atoms with van der Waals surface area (Å²) < 4.78 is 0. The van der Waals surface area contributed by atoms with Gasteiger partial charge in [0.1, 0.15) is 6.29 Å². The van der Waals surface area contributed by atoms with E-state index >= 15 is 0 Å². The molecule has 2 heteroatoms. The molecular formula is C22H34O2. The fraction of sp³-hybridized carbons (Fsp3) is 0.864. The van der Waals surface area contributed by atoms with E-state index in [-0.39, 0.29) is 12.0 Å². The van der Waals surface area contributed by atoms with Crippen molar-refractivity contribution in [3.05, 3.63) is 11.6 Å². The van der Waals surface area contributed by atoms with E-state index in [1.807, 2.05) is 6.92 Å². The lowest BCUT2D eigenvalue weighted by molar-refractivity contribution is -0.111. The van der Waals surface area contributed by atoms with Crippen molar-refractivity contribution in [2.24, 2.45) is 40.4 Å². The largest absolute Gasteiger partial charge is 0.393 e. The Bertz CT molecular complexity index is 550. The summed E-state index contributed by atoms with van der Waals surface area (Å²) in [6, 6.07) is 0. The average molecular weight is 331 g/mol. The van der Waals surface area contributed by atoms with Crippen LogP contribution in [-0.4, -0.2) is 17.5 Å². The first-order chi connectivity index (χ1) is 11.4. The van der Waals surface area contributed by atoms with Gasteiger partial charge < -0.3 is 9.90 Å². The fourth-order valence-corrected chi connectivity index (χ4v) is 7.70. The molecule has 0 radical (unpaired) electrons. The van der Waals surface area contributed by atoms with Crippen molar-refractivity contribution >= 4 is 6.29 Å². The lowest BCUT2D eigenvalue weighted by Crippen LogP contribution is -2.51. The molecule has 2 unspecified atom stereocenters. The molecule has 0 aromatic rings. The van der Waals surface area contributed by atoms with Gasteiger partial charge in [0.15, 0.2) is 0 Å². The number of aldehydes is 1. The molecule has 1 N–H and O–H groups in total. The molecule has 3 saturated carbocycles. The molecule has 3 fully saturated rings. The van der Waals surface area contributed by atoms with E-state index in [4.69, 9.17) is 0 Å². The smallest absolute Gasteiger partial charge is 0.126 e. The van der Waals surface area contributed by atoms with Gasteiger partial charge >= 0.3 is 0 Å². The first kappa shape index (κ1) is 16.8. The zero-order valence-corrected chi connectivity index (χ0v) is 15.6. The van der Waals surface area contributed by atoms with Crippen molar-refractivity contribution in [3.8, 4) is 0 Å². The fourth-order valence-electron chi connectivity index (χ4n) is 7.70. The molecular weight excluding hydrogens is 296 g/mol. The number of hydrogen-bond donors (Lipinski definition) is 1. The van der Waals surface area contributed by atoms with Crippen LogP contribution < -0.4 is 0 Å². The molecule has 4 aliphatic carbocycles. The van der Waals surface area contributed by atoms with Crippen LogP contribution >= 0.6 is 0 Å². The summed E-state index contributed by atoms with van der Waals surface area (Å²) in [6.07, 6.45) is 13.2. The van der Waals surface area contributed by atoms with E-state index in [0.29, 0.717) is 16.7 Å². The van der Waals surface area contributed by atoms with E-state index in [0.717, 1.165) is 30.5 Å². The highest BCUT2D eigenvalue weighted by molar-refractivity contribution is 5.58. The van der Waals surface area contributed by atoms with Crippen LogP contribution in [0, 0.1) is 40.4 Å². The summed E-state index contributed by atoms with van der Waals surface area (Å²) in [7, 11) is 0. The molecule has 0 amide bonds. The molecule has 0 aromatic heterocycles. The standard InChI is InChI=1S/C22H34O2/c1-14(24)18-6-7-19-17-5-4-16-12-15(13-23)8-10-21(16,2)20(17)9-11-22(18,19)3/h12-15,17-20,24H,4-11H2,1-3H3/t14?,15?,17-,18+,19-,20-,21-,22+/m0/s1. The zero-order valence-electron chi connectivity index (χ0n) is 15.6. The SMILES string of the molecule is CC(O)[C@H]1CC[C@H]2[C@@H]3CCC4=CC(C=O)CC[C@]4(C)[C@H]3CC[C@]12C. The predicted octanol–water partition coefficient (Wildman–Crippen LogP) is 4.76. The molecule has 4 rings (SSSR count). The number of aliphatic hydroxyl groups is 1. The number of allylic oxidation sites excluding steroid dienone is 2. The van der Waals surface area contributed by atoms with Crippen LogP contribution in [0.5, 0.6) is 0 Å². The third kappa shape index (κ3) is 2.21. The number of carbonyl (C=O) groups is 1. The zero-order chi connectivity index (χ0) is 17.1. The van der Waals surface area contributed by atoms with E-state index in [9.17, 15) is 9.90 Å². The third-order valence-corrected chi connectivity index (χ3v) is 8.98. The van der Waals surface area contributed by atoms with Crippen molar-refractivity contribution < 1.29 is 9.90 Å². The second-order valence-electron chi connectivity index (χ2n) is 9.83. The van der Waals surface area contributed by atoms with Crippen molar-refractivity contribution in [3.63, 3.8) is 0 Å². The summed E-state index contributed by atoms with van der Waals surface area (Å²) in [5.74, 6) is 3.11. The maximum absolute atomic E-state index is 11.2. The van der Waals surface area contributed by atoms with Gasteiger partial charge in [-0.3, -0.25) is 0 Å². The van der Waals surface area contributed by atoms with Crippen LogP contribution in [0.25, 0.3) is 0 Å². The Hall–Kier alpha value is -0.630. The molecule has 0 aromatic carbocycles. The van der Waals surface area contributed by atoms with Crippen LogP contribution in [0.15, 0.2) is 11.6 Å². The van der Waals surface area contributed by atoms with Gasteiger partial charge in [-0.05, 0) is 92.8 Å². The lowest BCUT2D eigenvalue weighted by atomic mass is 9.46. The molecule has 134 valence electrons. The van der Waals surface area contributed by atoms with Crippen molar-refractivity contribution in [2.75, 3.05) is 0 Å². The van der Waals surface area contributed by atoms with E-state index in [2.05, 4.69) is 19.9 Å². The summed E-state index contributed by atoms with van der Waals surface area (Å²) in [5, 5.41) is 10.3. The van der Waals surface area contributed by atoms with E-state index in [1.54, 1.807) is 5.57 Å². The van der Waals surface area contributed by atoms with Crippen molar-refractivity contribution in [1.29, 1.82) is 0 Å². The molecule has 0 saturated heterocycles. The first-order valence-electron chi connectivity index (χ1n) is 10.2. The van der Waals surface area contributed by atoms with Crippen LogP contribution in [0.2, 0.25) is 0 Å². The summed E-state index contributed by atoms with van der Waals surface area (Å²) >= 11 is 0. The molecule has 0 bridgehead atoms. The highest BCUT2D eigenvalue weighted by Gasteiger charge is 2.59. The topological polar surface area (TPSA) is 37.3 Å². The number of carbonyl (C=O) groups excluding carboxylic acids is 1. The normalized spacial score (nSPS) is 51.8. The summed E-state index contributed by atoms with van der Waals surface area (Å²) in [5.41, 5.74) is 2.29. The van der Waals surface area contributed by atoms with Crippen LogP contribution in [-0.2, 0) is 4.79 Å². The Morgan fingerprint density at radius 3 is 2.62 bits per heavy atom. The molecule has 24 heavy (non-hydrogen) atoms. The molecule has 0 heterocycles. The molecule has 8 atom stereocenters. The molecule has 4 aliphatic rings. The van der Waals surface area contributed by atoms with Crippen molar-refractivity contribution in [1.82, 2.24) is 0 Å². The number of fused-ring (bicyclic) bond motifs is 5. The lowest BCUT2D eigenvalue weighted by Gasteiger charge is -2.58. The van der Waals surface area contributed by atoms with Gasteiger partial charge in [0, 0.05) is 5.92 Å². The van der Waals surface area contributed by atoms with E-state index in [1.165, 1.54) is 44.9 Å². The maximum atomic E-state index is 11.2. The predicted molar refractivity (Wildman–Crippen MR) is 96.4 cm³/mol. The van der Waals surface area contributed by atoms with Gasteiger partial charge in [-0.1, -0.05) is 25.5 Å². The minimum atomic E-state index is -0.158. The van der Waals surface area contributed by atoms with Gasteiger partial charge in [0.25, 0.3) is 0 Å². The van der Waals surface area contributed by atoms with Crippen LogP contribution in [0.1, 0.15) is 72.1 Å². The second-order valence-corrected chi connectivity index (χ2v) is 9.83. The van der Waals surface area contributed by atoms with E-state index < -0.39 is 0 Å². The minimum absolute atomic E-state index is 0.158. The Kier molecular flexibility index (Phi) is 3.99. The second kappa shape index (κ2) is 5.69. The Morgan fingerprint density at radius 1 is 1.12 bits per heavy atom.